The predicted molar refractivity (Wildman–Crippen MR) is 95.6 cm³/mol. The van der Waals surface area contributed by atoms with Crippen molar-refractivity contribution in [3.63, 3.8) is 0 Å². The molecule has 2 aromatic heterocycles. The summed E-state index contributed by atoms with van der Waals surface area (Å²) in [6, 6.07) is 16.7. The smallest absolute Gasteiger partial charge is 0.155 e. The second-order valence-electron chi connectivity index (χ2n) is 5.28. The van der Waals surface area contributed by atoms with Gasteiger partial charge in [-0.25, -0.2) is 9.97 Å². The summed E-state index contributed by atoms with van der Waals surface area (Å²) in [5, 5.41) is 2.12. The standard InChI is InChI=1S/C18H14N2S2/c1-11-7-3-5-9-13(11)15-19-17-18(21-15)20-16(22-17)14-10-6-4-8-12(14)2/h3-10H,1-2H3. The maximum Gasteiger partial charge on any atom is 0.155 e. The fraction of sp³-hybridized carbons (Fsp3) is 0.111. The average molecular weight is 322 g/mol. The largest absolute Gasteiger partial charge is 0.223 e. The Bertz CT molecular complexity index is 860. The van der Waals surface area contributed by atoms with Crippen LogP contribution in [0.5, 0.6) is 0 Å². The highest BCUT2D eigenvalue weighted by atomic mass is 32.1. The van der Waals surface area contributed by atoms with E-state index in [-0.39, 0.29) is 0 Å². The molecule has 2 nitrogen and oxygen atoms in total. The monoisotopic (exact) mass is 322 g/mol. The van der Waals surface area contributed by atoms with Gasteiger partial charge in [0.15, 0.2) is 9.66 Å². The number of hydrogen-bond donors (Lipinski definition) is 0. The van der Waals surface area contributed by atoms with Crippen molar-refractivity contribution in [2.75, 3.05) is 0 Å². The van der Waals surface area contributed by atoms with Gasteiger partial charge in [0, 0.05) is 11.1 Å². The van der Waals surface area contributed by atoms with Crippen molar-refractivity contribution < 1.29 is 0 Å². The van der Waals surface area contributed by atoms with E-state index < -0.39 is 0 Å². The minimum Gasteiger partial charge on any atom is -0.223 e. The van der Waals surface area contributed by atoms with Crippen LogP contribution in [0.15, 0.2) is 48.5 Å². The van der Waals surface area contributed by atoms with Gasteiger partial charge in [0.1, 0.15) is 10.0 Å². The lowest BCUT2D eigenvalue weighted by molar-refractivity contribution is 1.42. The van der Waals surface area contributed by atoms with Gasteiger partial charge in [0.05, 0.1) is 0 Å². The van der Waals surface area contributed by atoms with E-state index >= 15 is 0 Å². The molecule has 22 heavy (non-hydrogen) atoms. The number of thiazole rings is 2. The number of rotatable bonds is 2. The Hall–Kier alpha value is -2.04. The Labute approximate surface area is 137 Å². The molecule has 0 radical (unpaired) electrons. The van der Waals surface area contributed by atoms with E-state index in [4.69, 9.17) is 9.97 Å². The first-order valence-electron chi connectivity index (χ1n) is 7.12. The summed E-state index contributed by atoms with van der Waals surface area (Å²) in [5.41, 5.74) is 4.91. The quantitative estimate of drug-likeness (QED) is 0.473. The second kappa shape index (κ2) is 5.30. The first kappa shape index (κ1) is 13.6. The first-order valence-corrected chi connectivity index (χ1v) is 8.75. The van der Waals surface area contributed by atoms with E-state index in [1.807, 2.05) is 0 Å². The normalized spacial score (nSPS) is 11.2. The Morgan fingerprint density at radius 3 is 1.45 bits per heavy atom. The van der Waals surface area contributed by atoms with Crippen molar-refractivity contribution >= 4 is 32.3 Å². The molecule has 0 saturated carbocycles. The van der Waals surface area contributed by atoms with Gasteiger partial charge in [-0.05, 0) is 25.0 Å². The van der Waals surface area contributed by atoms with Crippen molar-refractivity contribution in [2.45, 2.75) is 13.8 Å². The van der Waals surface area contributed by atoms with E-state index in [0.717, 1.165) is 19.7 Å². The molecule has 4 rings (SSSR count). The fourth-order valence-corrected chi connectivity index (χ4v) is 4.72. The van der Waals surface area contributed by atoms with Crippen LogP contribution >= 0.6 is 22.7 Å². The van der Waals surface area contributed by atoms with Gasteiger partial charge in [-0.15, -0.1) is 0 Å². The molecule has 0 spiro atoms. The molecule has 0 atom stereocenters. The minimum atomic E-state index is 1.03. The number of hydrogen-bond acceptors (Lipinski definition) is 4. The van der Waals surface area contributed by atoms with E-state index in [1.165, 1.54) is 22.3 Å². The molecule has 0 N–H and O–H groups in total. The number of fused-ring (bicyclic) bond motifs is 1. The van der Waals surface area contributed by atoms with Crippen LogP contribution in [0.4, 0.5) is 0 Å². The lowest BCUT2D eigenvalue weighted by Crippen LogP contribution is -1.81. The van der Waals surface area contributed by atoms with Crippen molar-refractivity contribution in [1.82, 2.24) is 9.97 Å². The van der Waals surface area contributed by atoms with Crippen LogP contribution in [0, 0.1) is 13.8 Å². The molecule has 0 amide bonds. The molecular weight excluding hydrogens is 308 g/mol. The molecule has 2 aromatic carbocycles. The zero-order chi connectivity index (χ0) is 15.1. The van der Waals surface area contributed by atoms with Gasteiger partial charge < -0.3 is 0 Å². The van der Waals surface area contributed by atoms with Gasteiger partial charge >= 0.3 is 0 Å². The first-order chi connectivity index (χ1) is 10.7. The summed E-state index contributed by atoms with van der Waals surface area (Å²) in [5.74, 6) is 0. The number of nitrogens with zero attached hydrogens (tertiary/aromatic N) is 2. The predicted octanol–water partition coefficient (Wildman–Crippen LogP) is 5.70. The second-order valence-corrected chi connectivity index (χ2v) is 7.23. The van der Waals surface area contributed by atoms with Crippen LogP contribution in [0.3, 0.4) is 0 Å². The maximum atomic E-state index is 4.79. The zero-order valence-corrected chi connectivity index (χ0v) is 14.0. The topological polar surface area (TPSA) is 25.8 Å². The van der Waals surface area contributed by atoms with Crippen molar-refractivity contribution in [1.29, 1.82) is 0 Å². The summed E-state index contributed by atoms with van der Waals surface area (Å²) in [7, 11) is 0. The van der Waals surface area contributed by atoms with Gasteiger partial charge in [0.2, 0.25) is 0 Å². The summed E-state index contributed by atoms with van der Waals surface area (Å²) >= 11 is 3.35. The van der Waals surface area contributed by atoms with Crippen LogP contribution in [-0.2, 0) is 0 Å². The summed E-state index contributed by atoms with van der Waals surface area (Å²) < 4.78 is 0. The maximum absolute atomic E-state index is 4.79. The van der Waals surface area contributed by atoms with Crippen LogP contribution in [0.2, 0.25) is 0 Å². The van der Waals surface area contributed by atoms with Crippen LogP contribution in [-0.4, -0.2) is 9.97 Å². The molecule has 2 heterocycles. The lowest BCUT2D eigenvalue weighted by Gasteiger charge is -2.01. The molecular formula is C18H14N2S2. The highest BCUT2D eigenvalue weighted by Crippen LogP contribution is 2.37. The SMILES string of the molecule is Cc1ccccc1-c1nc2sc(-c3ccccc3C)nc2s1. The lowest BCUT2D eigenvalue weighted by atomic mass is 10.1. The number of benzene rings is 2. The van der Waals surface area contributed by atoms with Crippen LogP contribution < -0.4 is 0 Å². The summed E-state index contributed by atoms with van der Waals surface area (Å²) in [4.78, 5) is 11.6. The average Bonchev–Trinajstić information content (AvgIpc) is 3.06. The molecule has 4 heteroatoms. The van der Waals surface area contributed by atoms with E-state index in [2.05, 4.69) is 62.4 Å². The Kier molecular flexibility index (Phi) is 3.28. The van der Waals surface area contributed by atoms with Crippen molar-refractivity contribution in [3.8, 4) is 21.1 Å². The fourth-order valence-electron chi connectivity index (χ4n) is 2.50. The van der Waals surface area contributed by atoms with Crippen LogP contribution in [0.1, 0.15) is 11.1 Å². The molecule has 0 fully saturated rings. The number of aromatic nitrogens is 2. The van der Waals surface area contributed by atoms with Crippen LogP contribution in [0.25, 0.3) is 30.8 Å². The molecule has 0 aliphatic heterocycles. The Morgan fingerprint density at radius 2 is 1.05 bits per heavy atom. The molecule has 0 aliphatic carbocycles. The third-order valence-electron chi connectivity index (χ3n) is 3.73. The third-order valence-corrected chi connectivity index (χ3v) is 5.82. The van der Waals surface area contributed by atoms with Gasteiger partial charge in [-0.3, -0.25) is 0 Å². The zero-order valence-electron chi connectivity index (χ0n) is 12.3. The molecule has 4 aromatic rings. The molecule has 0 bridgehead atoms. The van der Waals surface area contributed by atoms with E-state index in [1.54, 1.807) is 22.7 Å². The van der Waals surface area contributed by atoms with E-state index in [0.29, 0.717) is 0 Å². The molecule has 0 aliphatic rings. The summed E-state index contributed by atoms with van der Waals surface area (Å²) in [6.45, 7) is 4.24. The van der Waals surface area contributed by atoms with Gasteiger partial charge in [-0.2, -0.15) is 0 Å². The minimum absolute atomic E-state index is 1.03. The van der Waals surface area contributed by atoms with Crippen molar-refractivity contribution in [3.05, 3.63) is 59.7 Å². The number of aryl methyl sites for hydroxylation is 2. The van der Waals surface area contributed by atoms with E-state index in [9.17, 15) is 0 Å². The highest BCUT2D eigenvalue weighted by molar-refractivity contribution is 7.29. The third kappa shape index (κ3) is 2.25. The van der Waals surface area contributed by atoms with Gasteiger partial charge in [0.25, 0.3) is 0 Å². The molecule has 0 saturated heterocycles. The van der Waals surface area contributed by atoms with Gasteiger partial charge in [-0.1, -0.05) is 71.2 Å². The molecule has 0 unspecified atom stereocenters. The molecule has 108 valence electrons. The summed E-state index contributed by atoms with van der Waals surface area (Å²) in [6.07, 6.45) is 0. The Morgan fingerprint density at radius 1 is 0.636 bits per heavy atom. The highest BCUT2D eigenvalue weighted by Gasteiger charge is 2.14. The Balaban J connectivity index is 1.81. The van der Waals surface area contributed by atoms with Crippen molar-refractivity contribution in [2.24, 2.45) is 0 Å².